The van der Waals surface area contributed by atoms with Crippen LogP contribution in [-0.4, -0.2) is 23.9 Å². The third kappa shape index (κ3) is 5.17. The molecule has 0 spiro atoms. The molecule has 13 rings (SSSR count). The van der Waals surface area contributed by atoms with Gasteiger partial charge in [-0.2, -0.15) is 0 Å². The molecule has 4 aromatic heterocycles. The standard InChI is InChI=1S/C56H35N5O/c1-3-15-36(16-4-1)55-57-58-56(61(55)40-19-5-2-6-20-40)39-29-30-44-43-23-7-10-26-48(43)60(51(44)35-39)42-22-14-18-38(34-42)37-17-13-21-41(33-37)59-49-27-11-8-25-47(49)53-50(59)32-31-46-45-24-9-12-28-52(45)62-54(46)53/h1-35H. The summed E-state index contributed by atoms with van der Waals surface area (Å²) in [4.78, 5) is 0. The molecule has 0 saturated heterocycles. The topological polar surface area (TPSA) is 53.7 Å². The Morgan fingerprint density at radius 1 is 0.306 bits per heavy atom. The average Bonchev–Trinajstić information content (AvgIpc) is 4.11. The van der Waals surface area contributed by atoms with E-state index in [2.05, 4.69) is 196 Å². The van der Waals surface area contributed by atoms with Gasteiger partial charge in [0.1, 0.15) is 11.2 Å². The second-order valence-corrected chi connectivity index (χ2v) is 15.9. The summed E-state index contributed by atoms with van der Waals surface area (Å²) in [6, 6.07) is 75.1. The number of furan rings is 1. The van der Waals surface area contributed by atoms with E-state index in [4.69, 9.17) is 14.6 Å². The zero-order chi connectivity index (χ0) is 40.7. The van der Waals surface area contributed by atoms with Crippen LogP contribution in [-0.2, 0) is 0 Å². The van der Waals surface area contributed by atoms with Crippen LogP contribution < -0.4 is 0 Å². The third-order valence-electron chi connectivity index (χ3n) is 12.4. The average molecular weight is 794 g/mol. The fourth-order valence-electron chi connectivity index (χ4n) is 9.62. The van der Waals surface area contributed by atoms with Gasteiger partial charge in [0, 0.05) is 55.1 Å². The summed E-state index contributed by atoms with van der Waals surface area (Å²) in [7, 11) is 0. The van der Waals surface area contributed by atoms with E-state index in [1.165, 1.54) is 16.2 Å². The van der Waals surface area contributed by atoms with E-state index in [1.54, 1.807) is 0 Å². The highest BCUT2D eigenvalue weighted by Gasteiger charge is 2.21. The van der Waals surface area contributed by atoms with Crippen molar-refractivity contribution in [2.45, 2.75) is 0 Å². The molecule has 0 saturated carbocycles. The third-order valence-corrected chi connectivity index (χ3v) is 12.4. The summed E-state index contributed by atoms with van der Waals surface area (Å²) in [5, 5.41) is 16.6. The van der Waals surface area contributed by atoms with Crippen molar-refractivity contribution < 1.29 is 4.42 Å². The van der Waals surface area contributed by atoms with E-state index < -0.39 is 0 Å². The minimum atomic E-state index is 0.783. The maximum Gasteiger partial charge on any atom is 0.168 e. The van der Waals surface area contributed by atoms with Gasteiger partial charge in [-0.25, -0.2) is 0 Å². The van der Waals surface area contributed by atoms with E-state index in [1.807, 2.05) is 30.3 Å². The highest BCUT2D eigenvalue weighted by molar-refractivity contribution is 6.24. The summed E-state index contributed by atoms with van der Waals surface area (Å²) in [5.74, 6) is 1.58. The molecule has 290 valence electrons. The van der Waals surface area contributed by atoms with Crippen molar-refractivity contribution in [1.82, 2.24) is 23.9 Å². The number of nitrogens with zero attached hydrogens (tertiary/aromatic N) is 5. The fraction of sp³-hybridized carbons (Fsp3) is 0. The van der Waals surface area contributed by atoms with Gasteiger partial charge in [0.2, 0.25) is 0 Å². The summed E-state index contributed by atoms with van der Waals surface area (Å²) >= 11 is 0. The van der Waals surface area contributed by atoms with Gasteiger partial charge in [-0.3, -0.25) is 4.57 Å². The first-order valence-electron chi connectivity index (χ1n) is 20.9. The molecule has 62 heavy (non-hydrogen) atoms. The number of rotatable bonds is 6. The first-order valence-corrected chi connectivity index (χ1v) is 20.9. The van der Waals surface area contributed by atoms with Gasteiger partial charge in [-0.15, -0.1) is 10.2 Å². The number of benzene rings is 9. The van der Waals surface area contributed by atoms with E-state index in [0.717, 1.165) is 100 Å². The summed E-state index contributed by atoms with van der Waals surface area (Å²) < 4.78 is 13.5. The maximum absolute atomic E-state index is 6.58. The predicted octanol–water partition coefficient (Wildman–Crippen LogP) is 14.4. The van der Waals surface area contributed by atoms with E-state index in [9.17, 15) is 0 Å². The lowest BCUT2D eigenvalue weighted by atomic mass is 10.0. The number of aromatic nitrogens is 5. The monoisotopic (exact) mass is 793 g/mol. The lowest BCUT2D eigenvalue weighted by Crippen LogP contribution is -2.00. The Bertz CT molecular complexity index is 3870. The lowest BCUT2D eigenvalue weighted by Gasteiger charge is -2.13. The Morgan fingerprint density at radius 2 is 0.839 bits per heavy atom. The second-order valence-electron chi connectivity index (χ2n) is 15.9. The zero-order valence-corrected chi connectivity index (χ0v) is 33.4. The molecule has 0 aliphatic heterocycles. The molecule has 13 aromatic rings. The van der Waals surface area contributed by atoms with Crippen LogP contribution in [0, 0.1) is 0 Å². The van der Waals surface area contributed by atoms with Crippen molar-refractivity contribution in [3.8, 4) is 51.0 Å². The molecule has 6 heteroatoms. The molecule has 0 radical (unpaired) electrons. The smallest absolute Gasteiger partial charge is 0.168 e. The lowest BCUT2D eigenvalue weighted by molar-refractivity contribution is 0.673. The Hall–Kier alpha value is -8.48. The van der Waals surface area contributed by atoms with E-state index in [-0.39, 0.29) is 0 Å². The van der Waals surface area contributed by atoms with Crippen LogP contribution in [0.25, 0.3) is 117 Å². The molecular formula is C56H35N5O. The van der Waals surface area contributed by atoms with Crippen molar-refractivity contribution in [3.05, 3.63) is 212 Å². The van der Waals surface area contributed by atoms with E-state index >= 15 is 0 Å². The molecule has 0 N–H and O–H groups in total. The first kappa shape index (κ1) is 34.4. The Balaban J connectivity index is 0.964. The van der Waals surface area contributed by atoms with Crippen LogP contribution in [0.5, 0.6) is 0 Å². The molecule has 0 amide bonds. The van der Waals surface area contributed by atoms with Crippen LogP contribution in [0.15, 0.2) is 217 Å². The normalized spacial score (nSPS) is 11.9. The summed E-state index contributed by atoms with van der Waals surface area (Å²) in [5.41, 5.74) is 13.7. The van der Waals surface area contributed by atoms with Crippen molar-refractivity contribution in [2.24, 2.45) is 0 Å². The van der Waals surface area contributed by atoms with E-state index in [0.29, 0.717) is 0 Å². The van der Waals surface area contributed by atoms with Gasteiger partial charge in [0.15, 0.2) is 11.6 Å². The van der Waals surface area contributed by atoms with Gasteiger partial charge < -0.3 is 13.6 Å². The van der Waals surface area contributed by atoms with Crippen LogP contribution in [0.2, 0.25) is 0 Å². The van der Waals surface area contributed by atoms with Crippen molar-refractivity contribution in [3.63, 3.8) is 0 Å². The zero-order valence-electron chi connectivity index (χ0n) is 33.4. The second kappa shape index (κ2) is 13.5. The minimum Gasteiger partial charge on any atom is -0.455 e. The van der Waals surface area contributed by atoms with Crippen LogP contribution >= 0.6 is 0 Å². The highest BCUT2D eigenvalue weighted by Crippen LogP contribution is 2.42. The van der Waals surface area contributed by atoms with Gasteiger partial charge in [-0.1, -0.05) is 140 Å². The first-order chi connectivity index (χ1) is 30.8. The number of para-hydroxylation sites is 4. The van der Waals surface area contributed by atoms with Crippen molar-refractivity contribution in [1.29, 1.82) is 0 Å². The largest absolute Gasteiger partial charge is 0.455 e. The molecule has 0 aliphatic carbocycles. The SMILES string of the molecule is c1ccc(-c2nnc(-c3ccc4c5ccccc5n(-c5cccc(-c6cccc(-n7c8ccccc8c8c9oc%10ccccc%10c9ccc87)c6)c5)c4c3)n2-c2ccccc2)cc1. The number of fused-ring (bicyclic) bond motifs is 10. The van der Waals surface area contributed by atoms with Crippen molar-refractivity contribution >= 4 is 65.6 Å². The molecule has 0 atom stereocenters. The van der Waals surface area contributed by atoms with Gasteiger partial charge in [-0.05, 0) is 83.9 Å². The molecule has 0 fully saturated rings. The molecular weight excluding hydrogens is 759 g/mol. The minimum absolute atomic E-state index is 0.783. The highest BCUT2D eigenvalue weighted by atomic mass is 16.3. The van der Waals surface area contributed by atoms with Crippen molar-refractivity contribution in [2.75, 3.05) is 0 Å². The maximum atomic E-state index is 6.58. The Kier molecular flexibility index (Phi) is 7.50. The molecule has 0 unspecified atom stereocenters. The van der Waals surface area contributed by atoms with Crippen LogP contribution in [0.1, 0.15) is 0 Å². The number of hydrogen-bond donors (Lipinski definition) is 0. The Morgan fingerprint density at radius 3 is 1.58 bits per heavy atom. The molecule has 0 bridgehead atoms. The fourth-order valence-corrected chi connectivity index (χ4v) is 9.62. The van der Waals surface area contributed by atoms with Gasteiger partial charge >= 0.3 is 0 Å². The van der Waals surface area contributed by atoms with Gasteiger partial charge in [0.05, 0.1) is 27.5 Å². The van der Waals surface area contributed by atoms with Crippen LogP contribution in [0.3, 0.4) is 0 Å². The molecule has 6 nitrogen and oxygen atoms in total. The molecule has 4 heterocycles. The molecule has 9 aromatic carbocycles. The van der Waals surface area contributed by atoms with Crippen LogP contribution in [0.4, 0.5) is 0 Å². The predicted molar refractivity (Wildman–Crippen MR) is 254 cm³/mol. The quantitative estimate of drug-likeness (QED) is 0.168. The Labute approximate surface area is 355 Å². The number of hydrogen-bond acceptors (Lipinski definition) is 3. The molecule has 0 aliphatic rings. The van der Waals surface area contributed by atoms with Gasteiger partial charge in [0.25, 0.3) is 0 Å². The summed E-state index contributed by atoms with van der Waals surface area (Å²) in [6.07, 6.45) is 0. The summed E-state index contributed by atoms with van der Waals surface area (Å²) in [6.45, 7) is 0.